The molecule has 0 amide bonds. The van der Waals surface area contributed by atoms with Gasteiger partial charge in [0.05, 0.1) is 7.11 Å². The number of phenols is 1. The minimum absolute atomic E-state index is 0.104. The molecule has 0 spiro atoms. The number of ether oxygens (including phenoxy) is 1. The zero-order valence-corrected chi connectivity index (χ0v) is 13.2. The molecule has 3 nitrogen and oxygen atoms in total. The van der Waals surface area contributed by atoms with Gasteiger partial charge >= 0.3 is 0 Å². The molecular formula is C17H21NO2S. The van der Waals surface area contributed by atoms with E-state index in [9.17, 15) is 5.11 Å². The maximum atomic E-state index is 10.0. The molecule has 4 heteroatoms. The van der Waals surface area contributed by atoms with Crippen LogP contribution in [0, 0.1) is 0 Å². The number of methoxy groups -OCH3 is 1. The molecular weight excluding hydrogens is 282 g/mol. The summed E-state index contributed by atoms with van der Waals surface area (Å²) < 4.78 is 5.09. The lowest BCUT2D eigenvalue weighted by Crippen LogP contribution is -2.21. The number of hydrogen-bond donors (Lipinski definition) is 2. The van der Waals surface area contributed by atoms with Gasteiger partial charge in [0.1, 0.15) is 11.5 Å². The SMILES string of the molecule is COc1ccc(C(C)NCCSc2ccccc2)c(O)c1. The Balaban J connectivity index is 1.80. The van der Waals surface area contributed by atoms with Crippen molar-refractivity contribution in [2.75, 3.05) is 19.4 Å². The lowest BCUT2D eigenvalue weighted by atomic mass is 10.1. The van der Waals surface area contributed by atoms with Crippen LogP contribution in [0.15, 0.2) is 53.4 Å². The predicted molar refractivity (Wildman–Crippen MR) is 88.2 cm³/mol. The Morgan fingerprint density at radius 3 is 2.62 bits per heavy atom. The molecule has 2 aromatic carbocycles. The molecule has 2 N–H and O–H groups in total. The van der Waals surface area contributed by atoms with E-state index < -0.39 is 0 Å². The average Bonchev–Trinajstić information content (AvgIpc) is 2.52. The fourth-order valence-electron chi connectivity index (χ4n) is 2.09. The van der Waals surface area contributed by atoms with Crippen LogP contribution in [-0.4, -0.2) is 24.5 Å². The minimum atomic E-state index is 0.104. The highest BCUT2D eigenvalue weighted by Gasteiger charge is 2.10. The van der Waals surface area contributed by atoms with Crippen molar-refractivity contribution in [3.63, 3.8) is 0 Å². The molecule has 0 heterocycles. The summed E-state index contributed by atoms with van der Waals surface area (Å²) in [6, 6.07) is 15.9. The van der Waals surface area contributed by atoms with Crippen molar-refractivity contribution in [3.05, 3.63) is 54.1 Å². The van der Waals surface area contributed by atoms with Crippen LogP contribution >= 0.6 is 11.8 Å². The molecule has 21 heavy (non-hydrogen) atoms. The second kappa shape index (κ2) is 7.96. The third-order valence-electron chi connectivity index (χ3n) is 3.27. The van der Waals surface area contributed by atoms with E-state index in [0.29, 0.717) is 5.75 Å². The van der Waals surface area contributed by atoms with Crippen molar-refractivity contribution < 1.29 is 9.84 Å². The van der Waals surface area contributed by atoms with Crippen molar-refractivity contribution in [1.29, 1.82) is 0 Å². The summed E-state index contributed by atoms with van der Waals surface area (Å²) >= 11 is 1.82. The number of rotatable bonds is 7. The summed E-state index contributed by atoms with van der Waals surface area (Å²) in [6.07, 6.45) is 0. The Bertz CT molecular complexity index is 560. The largest absolute Gasteiger partial charge is 0.507 e. The molecule has 0 aliphatic carbocycles. The van der Waals surface area contributed by atoms with Gasteiger partial charge in [-0.15, -0.1) is 11.8 Å². The van der Waals surface area contributed by atoms with Crippen LogP contribution in [0.2, 0.25) is 0 Å². The molecule has 0 aliphatic heterocycles. The van der Waals surface area contributed by atoms with Crippen LogP contribution in [0.4, 0.5) is 0 Å². The van der Waals surface area contributed by atoms with E-state index in [1.54, 1.807) is 13.2 Å². The molecule has 2 rings (SSSR count). The Morgan fingerprint density at radius 2 is 1.95 bits per heavy atom. The highest BCUT2D eigenvalue weighted by molar-refractivity contribution is 7.99. The van der Waals surface area contributed by atoms with Crippen LogP contribution in [0.25, 0.3) is 0 Å². The van der Waals surface area contributed by atoms with Gasteiger partial charge in [-0.1, -0.05) is 24.3 Å². The standard InChI is InChI=1S/C17H21NO2S/c1-13(16-9-8-14(20-2)12-17(16)19)18-10-11-21-15-6-4-3-5-7-15/h3-9,12-13,18-19H,10-11H2,1-2H3. The Labute approximate surface area is 130 Å². The predicted octanol–water partition coefficient (Wildman–Crippen LogP) is 3.84. The van der Waals surface area contributed by atoms with E-state index in [1.807, 2.05) is 42.1 Å². The maximum absolute atomic E-state index is 10.0. The first kappa shape index (κ1) is 15.7. The first-order chi connectivity index (χ1) is 10.2. The number of hydrogen-bond acceptors (Lipinski definition) is 4. The molecule has 0 saturated heterocycles. The van der Waals surface area contributed by atoms with Gasteiger partial charge in [0.2, 0.25) is 0 Å². The van der Waals surface area contributed by atoms with Crippen LogP contribution in [-0.2, 0) is 0 Å². The van der Waals surface area contributed by atoms with Crippen LogP contribution < -0.4 is 10.1 Å². The van der Waals surface area contributed by atoms with Crippen LogP contribution in [0.3, 0.4) is 0 Å². The van der Waals surface area contributed by atoms with Crippen LogP contribution in [0.5, 0.6) is 11.5 Å². The van der Waals surface area contributed by atoms with E-state index >= 15 is 0 Å². The van der Waals surface area contributed by atoms with Gasteiger partial charge in [0, 0.05) is 34.9 Å². The second-order valence-corrected chi connectivity index (χ2v) is 5.93. The van der Waals surface area contributed by atoms with E-state index in [1.165, 1.54) is 4.90 Å². The molecule has 112 valence electrons. The van der Waals surface area contributed by atoms with Crippen molar-refractivity contribution in [2.24, 2.45) is 0 Å². The van der Waals surface area contributed by atoms with E-state index in [-0.39, 0.29) is 11.8 Å². The lowest BCUT2D eigenvalue weighted by molar-refractivity contribution is 0.404. The number of benzene rings is 2. The third-order valence-corrected chi connectivity index (χ3v) is 4.28. The fourth-order valence-corrected chi connectivity index (χ4v) is 2.89. The quantitative estimate of drug-likeness (QED) is 0.602. The van der Waals surface area contributed by atoms with Crippen molar-refractivity contribution in [2.45, 2.75) is 17.9 Å². The second-order valence-electron chi connectivity index (χ2n) is 4.76. The molecule has 0 radical (unpaired) electrons. The number of aromatic hydroxyl groups is 1. The van der Waals surface area contributed by atoms with Gasteiger partial charge in [-0.25, -0.2) is 0 Å². The summed E-state index contributed by atoms with van der Waals surface area (Å²) in [4.78, 5) is 1.28. The zero-order valence-electron chi connectivity index (χ0n) is 12.4. The summed E-state index contributed by atoms with van der Waals surface area (Å²) in [7, 11) is 1.59. The molecule has 0 fully saturated rings. The summed E-state index contributed by atoms with van der Waals surface area (Å²) in [5.41, 5.74) is 0.889. The average molecular weight is 303 g/mol. The van der Waals surface area contributed by atoms with E-state index in [0.717, 1.165) is 17.9 Å². The van der Waals surface area contributed by atoms with Gasteiger partial charge in [0.25, 0.3) is 0 Å². The number of nitrogens with one attached hydrogen (secondary N) is 1. The van der Waals surface area contributed by atoms with Gasteiger partial charge in [-0.05, 0) is 25.1 Å². The van der Waals surface area contributed by atoms with Gasteiger partial charge < -0.3 is 15.2 Å². The van der Waals surface area contributed by atoms with Gasteiger partial charge in [-0.2, -0.15) is 0 Å². The highest BCUT2D eigenvalue weighted by Crippen LogP contribution is 2.28. The first-order valence-electron chi connectivity index (χ1n) is 6.99. The zero-order chi connectivity index (χ0) is 15.1. The minimum Gasteiger partial charge on any atom is -0.507 e. The summed E-state index contributed by atoms with van der Waals surface area (Å²) in [6.45, 7) is 2.93. The van der Waals surface area contributed by atoms with E-state index in [2.05, 4.69) is 24.4 Å². The highest BCUT2D eigenvalue weighted by atomic mass is 32.2. The summed E-state index contributed by atoms with van der Waals surface area (Å²) in [5.74, 6) is 1.93. The van der Waals surface area contributed by atoms with Crippen molar-refractivity contribution in [1.82, 2.24) is 5.32 Å². The topological polar surface area (TPSA) is 41.5 Å². The fraction of sp³-hybridized carbons (Fsp3) is 0.294. The lowest BCUT2D eigenvalue weighted by Gasteiger charge is -2.16. The molecule has 0 aliphatic rings. The molecule has 0 saturated carbocycles. The molecule has 1 unspecified atom stereocenters. The number of phenolic OH excluding ortho intramolecular Hbond substituents is 1. The molecule has 2 aromatic rings. The van der Waals surface area contributed by atoms with Gasteiger partial charge in [0.15, 0.2) is 0 Å². The normalized spacial score (nSPS) is 12.1. The van der Waals surface area contributed by atoms with Crippen LogP contribution in [0.1, 0.15) is 18.5 Å². The van der Waals surface area contributed by atoms with Gasteiger partial charge in [-0.3, -0.25) is 0 Å². The molecule has 0 aromatic heterocycles. The first-order valence-corrected chi connectivity index (χ1v) is 7.97. The monoisotopic (exact) mass is 303 g/mol. The maximum Gasteiger partial charge on any atom is 0.124 e. The smallest absolute Gasteiger partial charge is 0.124 e. The molecule has 0 bridgehead atoms. The van der Waals surface area contributed by atoms with E-state index in [4.69, 9.17) is 4.74 Å². The molecule has 1 atom stereocenters. The Morgan fingerprint density at radius 1 is 1.19 bits per heavy atom. The van der Waals surface area contributed by atoms with Crippen molar-refractivity contribution >= 4 is 11.8 Å². The third kappa shape index (κ3) is 4.69. The Hall–Kier alpha value is -1.65. The summed E-state index contributed by atoms with van der Waals surface area (Å²) in [5, 5.41) is 13.4. The Kier molecular flexibility index (Phi) is 5.96. The van der Waals surface area contributed by atoms with Crippen molar-refractivity contribution in [3.8, 4) is 11.5 Å². The number of thioether (sulfide) groups is 1.